The van der Waals surface area contributed by atoms with Crippen LogP contribution in [0.1, 0.15) is 203 Å². The molecule has 6 amide bonds. The largest absolute Gasteiger partial charge is 0.520 e. The number of rotatable bonds is 25. The molecule has 17 heteroatoms. The van der Waals surface area contributed by atoms with Gasteiger partial charge in [0.25, 0.3) is 6.47 Å². The van der Waals surface area contributed by atoms with Crippen molar-refractivity contribution in [2.45, 2.75) is 231 Å². The van der Waals surface area contributed by atoms with Gasteiger partial charge in [-0.1, -0.05) is 128 Å². The molecule has 0 aromatic carbocycles. The number of methoxy groups -OCH3 is 1. The van der Waals surface area contributed by atoms with Crippen molar-refractivity contribution in [2.24, 2.45) is 17.8 Å². The molecule has 0 aliphatic rings. The molecular formula is C52H108FmN7O9-. The first-order valence-corrected chi connectivity index (χ1v) is 24.4. The van der Waals surface area contributed by atoms with Gasteiger partial charge < -0.3 is 51.5 Å². The third-order valence-corrected chi connectivity index (χ3v) is 8.09. The molecule has 0 aliphatic carbocycles. The summed E-state index contributed by atoms with van der Waals surface area (Å²) in [6, 6.07) is -0.414. The third kappa shape index (κ3) is 89.7. The summed E-state index contributed by atoms with van der Waals surface area (Å²) in [5.74, 6) is 1.05. The summed E-state index contributed by atoms with van der Waals surface area (Å²) in [5.41, 5.74) is -1.51. The maximum atomic E-state index is 12.1. The summed E-state index contributed by atoms with van der Waals surface area (Å²) < 4.78 is 3.86. The van der Waals surface area contributed by atoms with Crippen molar-refractivity contribution in [3.63, 3.8) is 0 Å². The fourth-order valence-electron chi connectivity index (χ4n) is 3.99. The Balaban J connectivity index is -0.0000000776. The SMILES string of the molecule is C#C.CC.CC(C)(C=O)N[C-]=O.CC(C)CC(C)NC(=O)CNC=O.CCCC.CCCCCCC(C)C.CCCNC(=O)C(CC(C)C)NC(=O)C(C)(C)NC=O.CNC(C)(C)C.COC=O.[Fm]. The molecular weight excluding hydrogens is 1120 g/mol. The Kier molecular flexibility index (Phi) is 78.5. The molecule has 0 fully saturated rings. The molecule has 7 N–H and O–H groups in total. The Hall–Kier alpha value is -5.52. The molecule has 0 heterocycles. The van der Waals surface area contributed by atoms with Crippen molar-refractivity contribution in [3.8, 4) is 12.8 Å². The average molecular weight is 1230 g/mol. The summed E-state index contributed by atoms with van der Waals surface area (Å²) >= 11 is 0. The van der Waals surface area contributed by atoms with E-state index in [9.17, 15) is 33.6 Å². The second-order valence-corrected chi connectivity index (χ2v) is 18.6. The van der Waals surface area contributed by atoms with Crippen molar-refractivity contribution in [1.29, 1.82) is 0 Å². The minimum atomic E-state index is -1.04. The Labute approximate surface area is 418 Å². The van der Waals surface area contributed by atoms with Crippen LogP contribution in [0.25, 0.3) is 0 Å². The molecule has 418 valence electrons. The summed E-state index contributed by atoms with van der Waals surface area (Å²) in [7, 11) is 3.27. The molecule has 2 unspecified atom stereocenters. The Morgan fingerprint density at radius 1 is 0.696 bits per heavy atom. The van der Waals surface area contributed by atoms with Crippen LogP contribution in [0.5, 0.6) is 0 Å². The summed E-state index contributed by atoms with van der Waals surface area (Å²) in [6.07, 6.45) is 23.1. The van der Waals surface area contributed by atoms with Gasteiger partial charge in [0.2, 0.25) is 30.5 Å². The second-order valence-electron chi connectivity index (χ2n) is 18.6. The molecule has 0 saturated carbocycles. The Morgan fingerprint density at radius 3 is 1.45 bits per heavy atom. The maximum absolute atomic E-state index is 12.1. The van der Waals surface area contributed by atoms with Gasteiger partial charge in [-0.3, -0.25) is 28.8 Å². The molecule has 2 atom stereocenters. The van der Waals surface area contributed by atoms with Crippen molar-refractivity contribution in [1.82, 2.24) is 37.2 Å². The number of nitrogens with one attached hydrogen (secondary N) is 7. The zero-order chi connectivity index (χ0) is 55.8. The van der Waals surface area contributed by atoms with E-state index in [2.05, 4.69) is 124 Å². The molecule has 0 aromatic rings. The standard InChI is InChI=1S/C14H27N3O3.C9H18N2O2.C9H20.C5H8NO2.C5H13N.C4H10.C2H4O2.C2H6.C2H2.Fm/c1-6-7-15-12(19)11(8-10(2)3)17-13(20)14(4,5)16-9-18;1-7(2)4-8(3)11-9(13)5-10-6-12;1-4-5-6-7-8-9(2)3;1-5(2,3-7)6-4-8;1-5(2,3)6-4;1-3-4-2;1-4-2-3;2*1-2;/h9-11H,6-8H2,1-5H3,(H,15,19)(H,16,18)(H,17,20);6-8H,4-5H2,1-3H3,(H,10,12)(H,11,13);9H,4-8H2,1-3H3;3H,1-2H3,(H,6,8);6H,1-4H3;3-4H2,1-2H3;2H,1H3;1-2H3;1-2H;/q;;;-1;;;;;;. The Bertz CT molecular complexity index is 1180. The quantitative estimate of drug-likeness (QED) is 0.0153. The summed E-state index contributed by atoms with van der Waals surface area (Å²) in [6.45, 7) is 41.1. The van der Waals surface area contributed by atoms with Crippen molar-refractivity contribution in [2.75, 3.05) is 27.2 Å². The van der Waals surface area contributed by atoms with Crippen molar-refractivity contribution in [3.05, 3.63) is 0 Å². The van der Waals surface area contributed by atoms with E-state index in [1.165, 1.54) is 58.5 Å². The maximum Gasteiger partial charge on any atom is 0.292 e. The number of amides is 6. The molecule has 0 rings (SSSR count). The number of terminal acetylenes is 1. The molecule has 0 aliphatic heterocycles. The van der Waals surface area contributed by atoms with Crippen molar-refractivity contribution >= 4 is 49.7 Å². The minimum Gasteiger partial charge on any atom is -0.520 e. The minimum absolute atomic E-state index is 0. The summed E-state index contributed by atoms with van der Waals surface area (Å²) in [5, 5.41) is 18.3. The van der Waals surface area contributed by atoms with Gasteiger partial charge in [0.05, 0.1) is 19.2 Å². The van der Waals surface area contributed by atoms with E-state index in [1.54, 1.807) is 27.7 Å². The van der Waals surface area contributed by atoms with E-state index in [0.29, 0.717) is 50.0 Å². The molecule has 0 aromatic heterocycles. The first kappa shape index (κ1) is 86.6. The zero-order valence-corrected chi connectivity index (χ0v) is 50.2. The fourth-order valence-corrected chi connectivity index (χ4v) is 3.99. The van der Waals surface area contributed by atoms with Gasteiger partial charge in [0.1, 0.15) is 17.9 Å². The predicted molar refractivity (Wildman–Crippen MR) is 285 cm³/mol. The van der Waals surface area contributed by atoms with Gasteiger partial charge in [0.15, 0.2) is 0 Å². The van der Waals surface area contributed by atoms with Crippen LogP contribution in [0.15, 0.2) is 0 Å². The van der Waals surface area contributed by atoms with Crippen LogP contribution in [0.3, 0.4) is 0 Å². The van der Waals surface area contributed by atoms with Crippen LogP contribution >= 0.6 is 0 Å². The third-order valence-electron chi connectivity index (χ3n) is 8.09. The summed E-state index contributed by atoms with van der Waals surface area (Å²) in [4.78, 5) is 84.1. The first-order valence-electron chi connectivity index (χ1n) is 24.4. The molecule has 0 radical (unpaired) electrons. The Morgan fingerprint density at radius 2 is 1.16 bits per heavy atom. The van der Waals surface area contributed by atoms with E-state index in [1.807, 2.05) is 48.6 Å². The van der Waals surface area contributed by atoms with E-state index in [-0.39, 0.29) is 36.2 Å². The van der Waals surface area contributed by atoms with E-state index in [0.717, 1.165) is 18.8 Å². The number of carbonyl (C=O) groups is 7. The van der Waals surface area contributed by atoms with Gasteiger partial charge >= 0.3 is 0 Å². The fraction of sp³-hybridized carbons (Fsp3) is 0.808. The van der Waals surface area contributed by atoms with Crippen LogP contribution < -0.4 is 37.2 Å². The van der Waals surface area contributed by atoms with Gasteiger partial charge in [-0.25, -0.2) is 0 Å². The van der Waals surface area contributed by atoms with E-state index >= 15 is 0 Å². The number of ether oxygens (including phenoxy) is 1. The zero-order valence-electron chi connectivity index (χ0n) is 47.8. The number of hydrogen-bond acceptors (Lipinski definition) is 10. The number of unbranched alkanes of at least 4 members (excludes halogenated alkanes) is 4. The van der Waals surface area contributed by atoms with Crippen LogP contribution in [-0.4, -0.2) is 106 Å². The topological polar surface area (TPSA) is 230 Å². The monoisotopic (exact) mass is 1230 g/mol. The number of aldehydes is 1. The second kappa shape index (κ2) is 62.5. The molecule has 0 saturated heterocycles. The van der Waals surface area contributed by atoms with E-state index < -0.39 is 17.1 Å². The van der Waals surface area contributed by atoms with Gasteiger partial charge in [-0.15, -0.1) is 12.8 Å². The van der Waals surface area contributed by atoms with Gasteiger partial charge in [-0.2, -0.15) is 6.41 Å². The smallest absolute Gasteiger partial charge is 0.292 e. The van der Waals surface area contributed by atoms with Gasteiger partial charge in [0, 0.05) is 18.1 Å². The normalized spacial score (nSPS) is 10.5. The predicted octanol–water partition coefficient (Wildman–Crippen LogP) is 7.96. The van der Waals surface area contributed by atoms with Crippen molar-refractivity contribution < 1.29 is 43.1 Å². The molecule has 69 heavy (non-hydrogen) atoms. The average Bonchev–Trinajstić information content (AvgIpc) is 3.27. The van der Waals surface area contributed by atoms with Crippen LogP contribution in [0.4, 0.5) is 0 Å². The number of hydrogen-bond donors (Lipinski definition) is 7. The molecule has 0 spiro atoms. The van der Waals surface area contributed by atoms with Crippen LogP contribution in [0, 0.1) is 30.6 Å². The van der Waals surface area contributed by atoms with Crippen LogP contribution in [0.2, 0.25) is 0 Å². The number of carbonyl (C=O) groups excluding carboxylic acids is 8. The van der Waals surface area contributed by atoms with Crippen LogP contribution in [-0.2, 0) is 43.1 Å². The molecule has 0 bridgehead atoms. The first-order chi connectivity index (χ1) is 31.6. The molecule has 16 nitrogen and oxygen atoms in total. The van der Waals surface area contributed by atoms with E-state index in [4.69, 9.17) is 4.79 Å². The van der Waals surface area contributed by atoms with Gasteiger partial charge in [-0.05, 0) is 99.5 Å².